The first kappa shape index (κ1) is 11.2. The molecule has 1 unspecified atom stereocenters. The second kappa shape index (κ2) is 4.11. The van der Waals surface area contributed by atoms with Crippen molar-refractivity contribution >= 4 is 17.2 Å². The molecule has 0 spiro atoms. The maximum atomic E-state index is 11.1. The maximum absolute atomic E-state index is 11.1. The van der Waals surface area contributed by atoms with Gasteiger partial charge in [0.05, 0.1) is 5.54 Å². The fourth-order valence-corrected chi connectivity index (χ4v) is 1.96. The number of carbonyl (C=O) groups is 1. The van der Waals surface area contributed by atoms with Crippen molar-refractivity contribution in [2.24, 2.45) is 5.73 Å². The third-order valence-electron chi connectivity index (χ3n) is 2.16. The molecule has 1 amide bonds. The Bertz CT molecular complexity index is 306. The second-order valence-corrected chi connectivity index (χ2v) is 4.85. The van der Waals surface area contributed by atoms with E-state index in [1.54, 1.807) is 25.2 Å². The zero-order valence-corrected chi connectivity index (χ0v) is 9.52. The van der Waals surface area contributed by atoms with E-state index in [9.17, 15) is 4.79 Å². The Balaban J connectivity index is 2.66. The van der Waals surface area contributed by atoms with Crippen molar-refractivity contribution in [3.05, 3.63) is 22.4 Å². The number of hydrogen-bond acceptors (Lipinski definition) is 3. The van der Waals surface area contributed by atoms with Gasteiger partial charge in [0.2, 0.25) is 5.91 Å². The van der Waals surface area contributed by atoms with Gasteiger partial charge in [-0.05, 0) is 32.2 Å². The molecule has 0 aromatic carbocycles. The van der Waals surface area contributed by atoms with Gasteiger partial charge in [-0.3, -0.25) is 10.1 Å². The van der Waals surface area contributed by atoms with Crippen molar-refractivity contribution in [3.63, 3.8) is 0 Å². The zero-order valence-electron chi connectivity index (χ0n) is 8.70. The Morgan fingerprint density at radius 2 is 2.29 bits per heavy atom. The van der Waals surface area contributed by atoms with Crippen LogP contribution in [0.15, 0.2) is 17.5 Å². The molecule has 0 radical (unpaired) electrons. The summed E-state index contributed by atoms with van der Waals surface area (Å²) in [7, 11) is 0. The smallest absolute Gasteiger partial charge is 0.237 e. The maximum Gasteiger partial charge on any atom is 0.237 e. The lowest BCUT2D eigenvalue weighted by Crippen LogP contribution is -2.51. The third kappa shape index (κ3) is 2.56. The van der Waals surface area contributed by atoms with Crippen LogP contribution in [-0.4, -0.2) is 11.4 Å². The molecule has 1 atom stereocenters. The minimum absolute atomic E-state index is 0.150. The quantitative estimate of drug-likeness (QED) is 0.797. The van der Waals surface area contributed by atoms with E-state index >= 15 is 0 Å². The highest BCUT2D eigenvalue weighted by molar-refractivity contribution is 7.10. The van der Waals surface area contributed by atoms with Gasteiger partial charge in [-0.25, -0.2) is 0 Å². The Labute approximate surface area is 88.3 Å². The van der Waals surface area contributed by atoms with Gasteiger partial charge in [-0.1, -0.05) is 6.07 Å². The van der Waals surface area contributed by atoms with Crippen LogP contribution >= 0.6 is 11.3 Å². The van der Waals surface area contributed by atoms with E-state index in [2.05, 4.69) is 5.32 Å². The predicted octanol–water partition coefficient (Wildman–Crippen LogP) is 1.66. The van der Waals surface area contributed by atoms with Crippen LogP contribution in [-0.2, 0) is 4.79 Å². The van der Waals surface area contributed by atoms with Crippen molar-refractivity contribution in [2.45, 2.75) is 32.4 Å². The van der Waals surface area contributed by atoms with E-state index < -0.39 is 5.54 Å². The highest BCUT2D eigenvalue weighted by Crippen LogP contribution is 2.20. The van der Waals surface area contributed by atoms with Gasteiger partial charge >= 0.3 is 0 Å². The number of nitrogens with one attached hydrogen (secondary N) is 1. The van der Waals surface area contributed by atoms with Crippen molar-refractivity contribution < 1.29 is 4.79 Å². The molecule has 0 aliphatic carbocycles. The van der Waals surface area contributed by atoms with E-state index in [-0.39, 0.29) is 11.9 Å². The number of carbonyl (C=O) groups excluding carboxylic acids is 1. The van der Waals surface area contributed by atoms with Crippen LogP contribution in [0.2, 0.25) is 0 Å². The monoisotopic (exact) mass is 212 g/mol. The normalized spacial score (nSPS) is 13.9. The lowest BCUT2D eigenvalue weighted by Gasteiger charge is -2.26. The van der Waals surface area contributed by atoms with Gasteiger partial charge in [-0.15, -0.1) is 11.3 Å². The fraction of sp³-hybridized carbons (Fsp3) is 0.500. The van der Waals surface area contributed by atoms with Crippen LogP contribution in [0.25, 0.3) is 0 Å². The Morgan fingerprint density at radius 3 is 2.71 bits per heavy atom. The molecule has 0 fully saturated rings. The fourth-order valence-electron chi connectivity index (χ4n) is 1.22. The summed E-state index contributed by atoms with van der Waals surface area (Å²) in [6.45, 7) is 5.61. The summed E-state index contributed by atoms with van der Waals surface area (Å²) in [4.78, 5) is 12.3. The Kier molecular flexibility index (Phi) is 3.29. The second-order valence-electron chi connectivity index (χ2n) is 3.87. The van der Waals surface area contributed by atoms with Crippen LogP contribution in [0.1, 0.15) is 31.7 Å². The van der Waals surface area contributed by atoms with Gasteiger partial charge in [0.1, 0.15) is 0 Å². The van der Waals surface area contributed by atoms with Gasteiger partial charge in [0.25, 0.3) is 0 Å². The molecule has 0 saturated carbocycles. The minimum atomic E-state index is -0.663. The molecule has 0 saturated heterocycles. The highest BCUT2D eigenvalue weighted by atomic mass is 32.1. The van der Waals surface area contributed by atoms with E-state index in [1.165, 1.54) is 4.88 Å². The third-order valence-corrected chi connectivity index (χ3v) is 3.22. The number of primary amides is 1. The summed E-state index contributed by atoms with van der Waals surface area (Å²) < 4.78 is 0. The zero-order chi connectivity index (χ0) is 10.8. The molecule has 0 aliphatic heterocycles. The van der Waals surface area contributed by atoms with Gasteiger partial charge in [0.15, 0.2) is 0 Å². The SMILES string of the molecule is CC(NC(C)(C)C(N)=O)c1cccs1. The Hall–Kier alpha value is -0.870. The van der Waals surface area contributed by atoms with Crippen molar-refractivity contribution in [1.29, 1.82) is 0 Å². The standard InChI is InChI=1S/C10H16N2OS/c1-7(8-5-4-6-14-8)12-10(2,3)9(11)13/h4-7,12H,1-3H3,(H2,11,13). The number of hydrogen-bond donors (Lipinski definition) is 2. The topological polar surface area (TPSA) is 55.1 Å². The lowest BCUT2D eigenvalue weighted by molar-refractivity contribution is -0.123. The molecule has 1 aromatic heterocycles. The summed E-state index contributed by atoms with van der Waals surface area (Å²) in [5, 5.41) is 5.21. The van der Waals surface area contributed by atoms with E-state index in [0.717, 1.165) is 0 Å². The molecule has 3 N–H and O–H groups in total. The van der Waals surface area contributed by atoms with Gasteiger partial charge in [-0.2, -0.15) is 0 Å². The van der Waals surface area contributed by atoms with E-state index in [1.807, 2.05) is 24.4 Å². The summed E-state index contributed by atoms with van der Waals surface area (Å²) in [6, 6.07) is 4.19. The van der Waals surface area contributed by atoms with Crippen LogP contribution in [0, 0.1) is 0 Å². The van der Waals surface area contributed by atoms with Crippen molar-refractivity contribution in [2.75, 3.05) is 0 Å². The molecule has 1 heterocycles. The number of amides is 1. The van der Waals surface area contributed by atoms with E-state index in [0.29, 0.717) is 0 Å². The van der Waals surface area contributed by atoms with Crippen molar-refractivity contribution in [3.8, 4) is 0 Å². The molecule has 1 aromatic rings. The molecule has 78 valence electrons. The average molecular weight is 212 g/mol. The summed E-state index contributed by atoms with van der Waals surface area (Å²) in [5.41, 5.74) is 4.61. The average Bonchev–Trinajstić information content (AvgIpc) is 2.54. The summed E-state index contributed by atoms with van der Waals surface area (Å²) >= 11 is 1.67. The summed E-state index contributed by atoms with van der Waals surface area (Å²) in [5.74, 6) is -0.332. The number of nitrogens with two attached hydrogens (primary N) is 1. The predicted molar refractivity (Wildman–Crippen MR) is 59.1 cm³/mol. The van der Waals surface area contributed by atoms with Crippen molar-refractivity contribution in [1.82, 2.24) is 5.32 Å². The molecule has 0 bridgehead atoms. The molecule has 14 heavy (non-hydrogen) atoms. The Morgan fingerprint density at radius 1 is 1.64 bits per heavy atom. The molecule has 1 rings (SSSR count). The summed E-state index contributed by atoms with van der Waals surface area (Å²) in [6.07, 6.45) is 0. The number of thiophene rings is 1. The first-order valence-corrected chi connectivity index (χ1v) is 5.42. The van der Waals surface area contributed by atoms with E-state index in [4.69, 9.17) is 5.73 Å². The van der Waals surface area contributed by atoms with Crippen LogP contribution in [0.3, 0.4) is 0 Å². The van der Waals surface area contributed by atoms with Crippen LogP contribution < -0.4 is 11.1 Å². The molecule has 0 aliphatic rings. The van der Waals surface area contributed by atoms with Gasteiger partial charge < -0.3 is 5.73 Å². The van der Waals surface area contributed by atoms with Crippen LogP contribution in [0.4, 0.5) is 0 Å². The lowest BCUT2D eigenvalue weighted by atomic mass is 10.0. The van der Waals surface area contributed by atoms with Crippen LogP contribution in [0.5, 0.6) is 0 Å². The van der Waals surface area contributed by atoms with Gasteiger partial charge in [0, 0.05) is 10.9 Å². The largest absolute Gasteiger partial charge is 0.368 e. The first-order valence-electron chi connectivity index (χ1n) is 4.54. The molecular weight excluding hydrogens is 196 g/mol. The molecular formula is C10H16N2OS. The highest BCUT2D eigenvalue weighted by Gasteiger charge is 2.26. The molecule has 4 heteroatoms. The number of rotatable bonds is 4. The minimum Gasteiger partial charge on any atom is -0.368 e. The molecule has 3 nitrogen and oxygen atoms in total. The first-order chi connectivity index (χ1) is 6.43.